The molecule has 1 unspecified atom stereocenters. The van der Waals surface area contributed by atoms with Gasteiger partial charge in [0, 0.05) is 28.8 Å². The van der Waals surface area contributed by atoms with Crippen molar-refractivity contribution in [2.24, 2.45) is 0 Å². The van der Waals surface area contributed by atoms with Crippen LogP contribution in [-0.2, 0) is 9.36 Å². The van der Waals surface area contributed by atoms with Crippen molar-refractivity contribution >= 4 is 12.9 Å². The third-order valence-electron chi connectivity index (χ3n) is 3.73. The minimum atomic E-state index is -2.39. The Labute approximate surface area is 99.6 Å². The highest BCUT2D eigenvalue weighted by molar-refractivity contribution is 7.67. The molecule has 1 saturated carbocycles. The first-order valence-corrected chi connectivity index (χ1v) is 7.89. The second-order valence-corrected chi connectivity index (χ2v) is 11.7. The first kappa shape index (κ1) is 14.0. The third-order valence-corrected chi connectivity index (χ3v) is 9.18. The van der Waals surface area contributed by atoms with Gasteiger partial charge in [0.15, 0.2) is 0 Å². The van der Waals surface area contributed by atoms with Crippen molar-refractivity contribution < 1.29 is 9.36 Å². The normalized spacial score (nSPS) is 23.9. The number of carbonyl (C=O) groups is 1. The highest BCUT2D eigenvalue weighted by Gasteiger charge is 2.52. The lowest BCUT2D eigenvalue weighted by Crippen LogP contribution is -2.34. The highest BCUT2D eigenvalue weighted by atomic mass is 31.2. The summed E-state index contributed by atoms with van der Waals surface area (Å²) in [5.74, 6) is 0.290. The van der Waals surface area contributed by atoms with Crippen molar-refractivity contribution in [3.05, 3.63) is 0 Å². The average Bonchev–Trinajstić information content (AvgIpc) is 2.46. The Morgan fingerprint density at radius 1 is 1.06 bits per heavy atom. The lowest BCUT2D eigenvalue weighted by atomic mass is 10.2. The van der Waals surface area contributed by atoms with E-state index in [2.05, 4.69) is 41.5 Å². The van der Waals surface area contributed by atoms with Crippen LogP contribution in [0.3, 0.4) is 0 Å². The van der Waals surface area contributed by atoms with Crippen LogP contribution in [0.2, 0.25) is 0 Å². The van der Waals surface area contributed by atoms with Gasteiger partial charge in [0.2, 0.25) is 0 Å². The molecule has 0 heterocycles. The lowest BCUT2D eigenvalue weighted by Gasteiger charge is -2.44. The summed E-state index contributed by atoms with van der Waals surface area (Å²) in [6.45, 7) is 12.3. The Morgan fingerprint density at radius 2 is 1.50 bits per heavy atom. The molecule has 16 heavy (non-hydrogen) atoms. The molecule has 1 fully saturated rings. The summed E-state index contributed by atoms with van der Waals surface area (Å²) in [6, 6.07) is 0. The molecule has 0 amide bonds. The van der Waals surface area contributed by atoms with Crippen LogP contribution in [-0.4, -0.2) is 21.8 Å². The van der Waals surface area contributed by atoms with Crippen LogP contribution in [0.5, 0.6) is 0 Å². The van der Waals surface area contributed by atoms with Crippen molar-refractivity contribution in [2.45, 2.75) is 76.8 Å². The molecule has 0 saturated heterocycles. The number of Topliss-reactive ketones (excluding diaryl/α,β-unsaturated/α-hetero) is 1. The van der Waals surface area contributed by atoms with Crippen LogP contribution in [0.1, 0.15) is 60.8 Å². The first-order chi connectivity index (χ1) is 7.00. The third kappa shape index (κ3) is 2.14. The van der Waals surface area contributed by atoms with Gasteiger partial charge in [-0.05, 0) is 6.42 Å². The number of hydrogen-bond acceptors (Lipinski definition) is 2. The Kier molecular flexibility index (Phi) is 3.47. The van der Waals surface area contributed by atoms with E-state index in [1.54, 1.807) is 0 Å². The number of carbonyl (C=O) groups excluding carboxylic acids is 1. The molecule has 0 aromatic carbocycles. The fourth-order valence-corrected chi connectivity index (χ4v) is 8.36. The number of ketones is 1. The predicted molar refractivity (Wildman–Crippen MR) is 69.8 cm³/mol. The number of rotatable bonds is 1. The van der Waals surface area contributed by atoms with Gasteiger partial charge in [0.1, 0.15) is 12.9 Å². The zero-order valence-corrected chi connectivity index (χ0v) is 12.4. The van der Waals surface area contributed by atoms with Crippen molar-refractivity contribution in [3.63, 3.8) is 0 Å². The summed E-state index contributed by atoms with van der Waals surface area (Å²) in [5, 5.41) is -0.416. The molecule has 1 aliphatic carbocycles. The second kappa shape index (κ2) is 3.98. The average molecular weight is 244 g/mol. The Balaban J connectivity index is 3.17. The van der Waals surface area contributed by atoms with E-state index in [1.807, 2.05) is 0 Å². The Morgan fingerprint density at radius 3 is 1.75 bits per heavy atom. The van der Waals surface area contributed by atoms with Crippen molar-refractivity contribution in [2.75, 3.05) is 0 Å². The minimum Gasteiger partial charge on any atom is -0.322 e. The summed E-state index contributed by atoms with van der Waals surface area (Å²) in [6.07, 6.45) is 1.98. The lowest BCUT2D eigenvalue weighted by molar-refractivity contribution is -0.117. The van der Waals surface area contributed by atoms with Gasteiger partial charge >= 0.3 is 0 Å². The molecule has 94 valence electrons. The number of hydrogen-bond donors (Lipinski definition) is 0. The molecule has 1 atom stereocenters. The molecule has 2 nitrogen and oxygen atoms in total. The molecular weight excluding hydrogens is 219 g/mol. The van der Waals surface area contributed by atoms with E-state index < -0.39 is 7.14 Å². The van der Waals surface area contributed by atoms with Crippen LogP contribution in [0.4, 0.5) is 0 Å². The molecule has 0 aromatic heterocycles. The summed E-state index contributed by atoms with van der Waals surface area (Å²) >= 11 is 0. The van der Waals surface area contributed by atoms with Crippen LogP contribution >= 0.6 is 7.14 Å². The maximum Gasteiger partial charge on any atom is 0.133 e. The van der Waals surface area contributed by atoms with Gasteiger partial charge < -0.3 is 4.57 Å². The van der Waals surface area contributed by atoms with E-state index in [-0.39, 0.29) is 16.0 Å². The molecular formula is C13H25O2P. The molecule has 0 bridgehead atoms. The van der Waals surface area contributed by atoms with Crippen LogP contribution in [0, 0.1) is 0 Å². The quantitative estimate of drug-likeness (QED) is 0.651. The smallest absolute Gasteiger partial charge is 0.133 e. The highest BCUT2D eigenvalue weighted by Crippen LogP contribution is 2.72. The molecule has 0 N–H and O–H groups in total. The van der Waals surface area contributed by atoms with E-state index in [4.69, 9.17) is 0 Å². The Bertz CT molecular complexity index is 313. The van der Waals surface area contributed by atoms with Crippen molar-refractivity contribution in [3.8, 4) is 0 Å². The SMILES string of the molecule is CC(C)(C)P(=O)(C1CCC(=O)C1)C(C)(C)C. The van der Waals surface area contributed by atoms with E-state index in [0.29, 0.717) is 18.6 Å². The van der Waals surface area contributed by atoms with Gasteiger partial charge in [-0.1, -0.05) is 41.5 Å². The molecule has 0 radical (unpaired) electrons. The maximum atomic E-state index is 13.5. The molecule has 0 spiro atoms. The van der Waals surface area contributed by atoms with Gasteiger partial charge in [-0.3, -0.25) is 4.79 Å². The first-order valence-electron chi connectivity index (χ1n) is 6.12. The molecule has 3 heteroatoms. The molecule has 1 aliphatic rings. The van der Waals surface area contributed by atoms with Crippen LogP contribution in [0.15, 0.2) is 0 Å². The zero-order valence-electron chi connectivity index (χ0n) is 11.5. The molecule has 1 rings (SSSR count). The minimum absolute atomic E-state index is 0.111. The molecule has 0 aliphatic heterocycles. The summed E-state index contributed by atoms with van der Waals surface area (Å²) in [4.78, 5) is 11.4. The fourth-order valence-electron chi connectivity index (χ4n) is 3.21. The topological polar surface area (TPSA) is 34.1 Å². The van der Waals surface area contributed by atoms with E-state index in [0.717, 1.165) is 6.42 Å². The van der Waals surface area contributed by atoms with Crippen LogP contribution < -0.4 is 0 Å². The molecule has 0 aromatic rings. The van der Waals surface area contributed by atoms with Gasteiger partial charge in [-0.2, -0.15) is 0 Å². The maximum absolute atomic E-state index is 13.5. The summed E-state index contributed by atoms with van der Waals surface area (Å²) in [5.41, 5.74) is 0.111. The summed E-state index contributed by atoms with van der Waals surface area (Å²) < 4.78 is 13.5. The summed E-state index contributed by atoms with van der Waals surface area (Å²) in [7, 11) is -2.39. The zero-order chi connectivity index (χ0) is 12.8. The Hall–Kier alpha value is -0.100. The van der Waals surface area contributed by atoms with Gasteiger partial charge in [-0.25, -0.2) is 0 Å². The van der Waals surface area contributed by atoms with Crippen molar-refractivity contribution in [1.29, 1.82) is 0 Å². The van der Waals surface area contributed by atoms with E-state index in [1.165, 1.54) is 0 Å². The van der Waals surface area contributed by atoms with Gasteiger partial charge in [0.25, 0.3) is 0 Å². The predicted octanol–water partition coefficient (Wildman–Crippen LogP) is 4.07. The second-order valence-electron chi connectivity index (χ2n) is 6.93. The largest absolute Gasteiger partial charge is 0.322 e. The van der Waals surface area contributed by atoms with E-state index in [9.17, 15) is 9.36 Å². The van der Waals surface area contributed by atoms with Gasteiger partial charge in [0.05, 0.1) is 0 Å². The standard InChI is InChI=1S/C13H25O2P/c1-12(2,3)16(15,13(4,5)6)11-8-7-10(14)9-11/h11H,7-9H2,1-6H3. The monoisotopic (exact) mass is 244 g/mol. The fraction of sp³-hybridized carbons (Fsp3) is 0.923. The van der Waals surface area contributed by atoms with E-state index >= 15 is 0 Å². The van der Waals surface area contributed by atoms with Gasteiger partial charge in [-0.15, -0.1) is 0 Å². The van der Waals surface area contributed by atoms with Crippen LogP contribution in [0.25, 0.3) is 0 Å². The van der Waals surface area contributed by atoms with Crippen molar-refractivity contribution in [1.82, 2.24) is 0 Å².